The molecule has 0 aliphatic rings. The first-order valence-electron chi connectivity index (χ1n) is 5.98. The van der Waals surface area contributed by atoms with E-state index < -0.39 is 10.8 Å². The van der Waals surface area contributed by atoms with E-state index in [-0.39, 0.29) is 11.3 Å². The van der Waals surface area contributed by atoms with E-state index in [0.29, 0.717) is 11.5 Å². The Balaban J connectivity index is 2.42. The van der Waals surface area contributed by atoms with Crippen LogP contribution in [-0.2, 0) is 0 Å². The van der Waals surface area contributed by atoms with Gasteiger partial charge in [0.25, 0.3) is 11.6 Å². The van der Waals surface area contributed by atoms with Crippen molar-refractivity contribution < 1.29 is 9.72 Å². The number of nitro groups is 1. The SMILES string of the molecule is CN(C(=O)c1cc([N+](=O)[O-])ccc1NN)c1ccccn1. The zero-order valence-electron chi connectivity index (χ0n) is 11.2. The van der Waals surface area contributed by atoms with E-state index >= 15 is 0 Å². The fraction of sp³-hybridized carbons (Fsp3) is 0.0769. The molecule has 2 aromatic rings. The van der Waals surface area contributed by atoms with Crippen molar-refractivity contribution >= 4 is 23.1 Å². The molecule has 21 heavy (non-hydrogen) atoms. The van der Waals surface area contributed by atoms with Crippen molar-refractivity contribution in [3.8, 4) is 0 Å². The number of non-ortho nitro benzene ring substituents is 1. The second-order valence-corrected chi connectivity index (χ2v) is 4.18. The van der Waals surface area contributed by atoms with Crippen LogP contribution >= 0.6 is 0 Å². The van der Waals surface area contributed by atoms with E-state index in [9.17, 15) is 14.9 Å². The highest BCUT2D eigenvalue weighted by Crippen LogP contribution is 2.24. The summed E-state index contributed by atoms with van der Waals surface area (Å²) in [6.07, 6.45) is 1.55. The third-order valence-corrected chi connectivity index (χ3v) is 2.90. The second-order valence-electron chi connectivity index (χ2n) is 4.18. The van der Waals surface area contributed by atoms with Crippen molar-refractivity contribution in [3.05, 3.63) is 58.3 Å². The van der Waals surface area contributed by atoms with Gasteiger partial charge in [-0.1, -0.05) is 6.07 Å². The number of nitrogens with one attached hydrogen (secondary N) is 1. The van der Waals surface area contributed by atoms with Gasteiger partial charge in [-0.15, -0.1) is 0 Å². The molecule has 0 saturated carbocycles. The average molecular weight is 287 g/mol. The molecule has 8 nitrogen and oxygen atoms in total. The van der Waals surface area contributed by atoms with Gasteiger partial charge in [-0.05, 0) is 18.2 Å². The molecule has 0 aliphatic heterocycles. The Kier molecular flexibility index (Phi) is 4.10. The first-order chi connectivity index (χ1) is 10.0. The van der Waals surface area contributed by atoms with Crippen LogP contribution in [0.3, 0.4) is 0 Å². The Morgan fingerprint density at radius 1 is 1.38 bits per heavy atom. The number of nitro benzene ring substituents is 1. The number of pyridine rings is 1. The van der Waals surface area contributed by atoms with Gasteiger partial charge in [-0.25, -0.2) is 4.98 Å². The Morgan fingerprint density at radius 3 is 2.71 bits per heavy atom. The number of anilines is 2. The number of rotatable bonds is 4. The van der Waals surface area contributed by atoms with E-state index in [1.165, 1.54) is 30.1 Å². The minimum atomic E-state index is -0.572. The standard InChI is InChI=1S/C13H13N5O3/c1-17(12-4-2-3-7-15-12)13(19)10-8-9(18(20)21)5-6-11(10)16-14/h2-8,16H,14H2,1H3. The number of nitrogen functional groups attached to an aromatic ring is 1. The summed E-state index contributed by atoms with van der Waals surface area (Å²) in [6.45, 7) is 0. The minimum Gasteiger partial charge on any atom is -0.323 e. The van der Waals surface area contributed by atoms with Gasteiger partial charge < -0.3 is 5.43 Å². The molecule has 0 aliphatic carbocycles. The number of nitrogens with two attached hydrogens (primary N) is 1. The molecule has 108 valence electrons. The van der Waals surface area contributed by atoms with E-state index in [4.69, 9.17) is 5.84 Å². The minimum absolute atomic E-state index is 0.0971. The number of hydrogen-bond donors (Lipinski definition) is 2. The Morgan fingerprint density at radius 2 is 2.14 bits per heavy atom. The van der Waals surface area contributed by atoms with Crippen LogP contribution in [0.2, 0.25) is 0 Å². The molecule has 8 heteroatoms. The van der Waals surface area contributed by atoms with Crippen LogP contribution < -0.4 is 16.2 Å². The number of carbonyl (C=O) groups excluding carboxylic acids is 1. The van der Waals surface area contributed by atoms with Gasteiger partial charge >= 0.3 is 0 Å². The Bertz CT molecular complexity index is 675. The summed E-state index contributed by atoms with van der Waals surface area (Å²) in [7, 11) is 1.53. The zero-order chi connectivity index (χ0) is 15.4. The Hall–Kier alpha value is -3.00. The second kappa shape index (κ2) is 5.97. The number of benzene rings is 1. The highest BCUT2D eigenvalue weighted by molar-refractivity contribution is 6.09. The van der Waals surface area contributed by atoms with Gasteiger partial charge in [0.05, 0.1) is 16.2 Å². The smallest absolute Gasteiger partial charge is 0.270 e. The lowest BCUT2D eigenvalue weighted by Gasteiger charge is -2.17. The van der Waals surface area contributed by atoms with Crippen LogP contribution in [0.4, 0.5) is 17.2 Å². The van der Waals surface area contributed by atoms with E-state index in [1.807, 2.05) is 0 Å². The van der Waals surface area contributed by atoms with Crippen LogP contribution in [0.1, 0.15) is 10.4 Å². The summed E-state index contributed by atoms with van der Waals surface area (Å²) < 4.78 is 0. The summed E-state index contributed by atoms with van der Waals surface area (Å²) >= 11 is 0. The molecule has 0 fully saturated rings. The van der Waals surface area contributed by atoms with Crippen LogP contribution in [0.25, 0.3) is 0 Å². The van der Waals surface area contributed by atoms with E-state index in [2.05, 4.69) is 10.4 Å². The summed E-state index contributed by atoms with van der Waals surface area (Å²) in [6, 6.07) is 8.95. The molecule has 1 aromatic carbocycles. The van der Waals surface area contributed by atoms with Gasteiger partial charge in [0.15, 0.2) is 0 Å². The normalized spacial score (nSPS) is 10.0. The van der Waals surface area contributed by atoms with Crippen molar-refractivity contribution in [1.29, 1.82) is 0 Å². The highest BCUT2D eigenvalue weighted by Gasteiger charge is 2.20. The fourth-order valence-corrected chi connectivity index (χ4v) is 1.79. The van der Waals surface area contributed by atoms with Gasteiger partial charge in [0.2, 0.25) is 0 Å². The van der Waals surface area contributed by atoms with Crippen molar-refractivity contribution in [2.45, 2.75) is 0 Å². The van der Waals surface area contributed by atoms with Crippen molar-refractivity contribution in [2.75, 3.05) is 17.4 Å². The van der Waals surface area contributed by atoms with Crippen LogP contribution in [-0.4, -0.2) is 22.9 Å². The van der Waals surface area contributed by atoms with Gasteiger partial charge in [0.1, 0.15) is 5.82 Å². The molecule has 0 radical (unpaired) electrons. The molecular weight excluding hydrogens is 274 g/mol. The van der Waals surface area contributed by atoms with Crippen molar-refractivity contribution in [1.82, 2.24) is 4.98 Å². The topological polar surface area (TPSA) is 114 Å². The van der Waals surface area contributed by atoms with Crippen LogP contribution in [0.15, 0.2) is 42.6 Å². The quantitative estimate of drug-likeness (QED) is 0.501. The average Bonchev–Trinajstić information content (AvgIpc) is 2.53. The van der Waals surface area contributed by atoms with Crippen molar-refractivity contribution in [2.24, 2.45) is 5.84 Å². The van der Waals surface area contributed by atoms with Crippen molar-refractivity contribution in [3.63, 3.8) is 0 Å². The highest BCUT2D eigenvalue weighted by atomic mass is 16.6. The molecule has 1 aromatic heterocycles. The molecule has 2 rings (SSSR count). The lowest BCUT2D eigenvalue weighted by Crippen LogP contribution is -2.28. The van der Waals surface area contributed by atoms with E-state index in [0.717, 1.165) is 0 Å². The molecule has 1 amide bonds. The maximum atomic E-state index is 12.5. The number of nitrogens with zero attached hydrogens (tertiary/aromatic N) is 3. The maximum absolute atomic E-state index is 12.5. The van der Waals surface area contributed by atoms with Crippen LogP contribution in [0, 0.1) is 10.1 Å². The third kappa shape index (κ3) is 2.95. The first kappa shape index (κ1) is 14.4. The predicted molar refractivity (Wildman–Crippen MR) is 77.9 cm³/mol. The number of amides is 1. The zero-order valence-corrected chi connectivity index (χ0v) is 11.2. The lowest BCUT2D eigenvalue weighted by atomic mass is 10.1. The summed E-state index contributed by atoms with van der Waals surface area (Å²) in [5.41, 5.74) is 2.57. The molecule has 0 atom stereocenters. The molecule has 1 heterocycles. The molecule has 0 bridgehead atoms. The fourth-order valence-electron chi connectivity index (χ4n) is 1.79. The monoisotopic (exact) mass is 287 g/mol. The molecule has 3 N–H and O–H groups in total. The van der Waals surface area contributed by atoms with Crippen LogP contribution in [0.5, 0.6) is 0 Å². The van der Waals surface area contributed by atoms with Gasteiger partial charge in [0, 0.05) is 25.4 Å². The lowest BCUT2D eigenvalue weighted by molar-refractivity contribution is -0.384. The number of hydrazine groups is 1. The van der Waals surface area contributed by atoms with E-state index in [1.54, 1.807) is 24.4 Å². The first-order valence-corrected chi connectivity index (χ1v) is 5.98. The molecular formula is C13H13N5O3. The number of carbonyl (C=O) groups is 1. The number of hydrogen-bond acceptors (Lipinski definition) is 6. The summed E-state index contributed by atoms with van der Waals surface area (Å²) in [4.78, 5) is 28.1. The van der Waals surface area contributed by atoms with Gasteiger partial charge in [-0.3, -0.25) is 25.7 Å². The predicted octanol–water partition coefficient (Wildman–Crippen LogP) is 1.55. The molecule has 0 unspecified atom stereocenters. The number of aromatic nitrogens is 1. The van der Waals surface area contributed by atoms with Gasteiger partial charge in [-0.2, -0.15) is 0 Å². The largest absolute Gasteiger partial charge is 0.323 e. The molecule has 0 saturated heterocycles. The molecule has 0 spiro atoms. The Labute approximate surface area is 120 Å². The maximum Gasteiger partial charge on any atom is 0.270 e. The summed E-state index contributed by atoms with van der Waals surface area (Å²) in [5.74, 6) is 5.32. The third-order valence-electron chi connectivity index (χ3n) is 2.90. The summed E-state index contributed by atoms with van der Waals surface area (Å²) in [5, 5.41) is 10.8.